The molecule has 1 fully saturated rings. The first-order valence-electron chi connectivity index (χ1n) is 23.1. The molecular formula is C48H43F9N4O15S6. The van der Waals surface area contributed by atoms with Crippen LogP contribution in [-0.2, 0) is 69.1 Å². The number of hydrogen-bond acceptors (Lipinski definition) is 17. The number of carbonyl (C=O) groups is 1. The Balaban J connectivity index is 1.40. The molecule has 2 aliphatic heterocycles. The Morgan fingerprint density at radius 2 is 1.27 bits per heavy atom. The summed E-state index contributed by atoms with van der Waals surface area (Å²) >= 11 is 0. The molecule has 0 aromatic heterocycles. The lowest BCUT2D eigenvalue weighted by Crippen LogP contribution is -2.49. The molecule has 19 nitrogen and oxygen atoms in total. The largest absolute Gasteiger partial charge is 0.512 e. The van der Waals surface area contributed by atoms with Crippen LogP contribution >= 0.6 is 0 Å². The van der Waals surface area contributed by atoms with E-state index in [1.54, 1.807) is 0 Å². The maximum atomic E-state index is 14.7. The van der Waals surface area contributed by atoms with Gasteiger partial charge in [0.05, 0.1) is 25.7 Å². The van der Waals surface area contributed by atoms with Crippen LogP contribution in [0.25, 0.3) is 33.4 Å². The fourth-order valence-corrected chi connectivity index (χ4v) is 20.3. The molecule has 0 saturated carbocycles. The van der Waals surface area contributed by atoms with Crippen molar-refractivity contribution in [1.82, 2.24) is 8.43 Å². The smallest absolute Gasteiger partial charge is 0.459 e. The third-order valence-electron chi connectivity index (χ3n) is 12.6. The first kappa shape index (κ1) is 63.2. The molecule has 2 heterocycles. The Morgan fingerprint density at radius 1 is 0.695 bits per heavy atom. The number of aryl methyl sites for hydroxylation is 3. The second kappa shape index (κ2) is 21.6. The zero-order chi connectivity index (χ0) is 61.5. The number of halogens is 9. The first-order valence-corrected chi connectivity index (χ1v) is 32.2. The van der Waals surface area contributed by atoms with Crippen LogP contribution in [0.1, 0.15) is 42.0 Å². The van der Waals surface area contributed by atoms with Gasteiger partial charge in [-0.3, -0.25) is 0 Å². The number of hydrogen-bond donors (Lipinski definition) is 2. The SMILES string of the molecule is C=C(C)C(=O)OC1CCN(S(=O)(=O)c2ccccc2-c2c3cc/c(=N\c4c(C)ccc(S(=O)(=O)NS(=O)(=O)C(F)(F)F)c4C)cc-3oc3cc(Nc4c(C)cc(S(=O)(=O)C(S(=O)(=O)C(F)(F)F)S(=O)(=O)C(F)(F)F)cc4C)ccc23)CC1. The molecule has 7 rings (SSSR count). The average molecular weight is 1280 g/mol. The number of ether oxygens (including phenoxy) is 1. The van der Waals surface area contributed by atoms with Crippen molar-refractivity contribution in [1.29, 1.82) is 0 Å². The number of nitrogens with one attached hydrogen (secondary N) is 2. The van der Waals surface area contributed by atoms with Crippen molar-refractivity contribution in [2.45, 2.75) is 88.7 Å². The van der Waals surface area contributed by atoms with Crippen molar-refractivity contribution in [2.24, 2.45) is 4.99 Å². The molecule has 4 aromatic carbocycles. The number of piperidine rings is 1. The fraction of sp³-hybridized carbons (Fsp3) is 0.292. The summed E-state index contributed by atoms with van der Waals surface area (Å²) in [5.74, 6) is -0.739. The van der Waals surface area contributed by atoms with Crippen LogP contribution < -0.4 is 14.8 Å². The Morgan fingerprint density at radius 3 is 1.82 bits per heavy atom. The predicted molar refractivity (Wildman–Crippen MR) is 278 cm³/mol. The van der Waals surface area contributed by atoms with Gasteiger partial charge in [0.15, 0.2) is 0 Å². The number of anilines is 2. The lowest BCUT2D eigenvalue weighted by atomic mass is 9.93. The molecule has 0 amide bonds. The molecule has 1 saturated heterocycles. The van der Waals surface area contributed by atoms with Gasteiger partial charge < -0.3 is 14.5 Å². The second-order valence-electron chi connectivity index (χ2n) is 18.5. The molecule has 34 heteroatoms. The van der Waals surface area contributed by atoms with Crippen LogP contribution in [0.2, 0.25) is 0 Å². The number of esters is 1. The van der Waals surface area contributed by atoms with Gasteiger partial charge in [0, 0.05) is 64.2 Å². The van der Waals surface area contributed by atoms with Gasteiger partial charge in [-0.05, 0) is 118 Å². The maximum Gasteiger partial charge on any atom is 0.512 e. The number of carbonyl (C=O) groups excluding carboxylic acids is 1. The number of benzene rings is 5. The number of alkyl halides is 9. The molecule has 0 bridgehead atoms. The minimum Gasteiger partial charge on any atom is -0.459 e. The minimum absolute atomic E-state index is 0.0295. The molecule has 2 N–H and O–H groups in total. The highest BCUT2D eigenvalue weighted by Gasteiger charge is 2.68. The number of sulfone groups is 3. The van der Waals surface area contributed by atoms with Crippen LogP contribution in [0, 0.1) is 27.7 Å². The lowest BCUT2D eigenvalue weighted by molar-refractivity contribution is -0.145. The van der Waals surface area contributed by atoms with Crippen LogP contribution in [-0.4, -0.2) is 100 Å². The molecule has 444 valence electrons. The van der Waals surface area contributed by atoms with E-state index >= 15 is 0 Å². The van der Waals surface area contributed by atoms with Gasteiger partial charge in [0.25, 0.3) is 33.6 Å². The van der Waals surface area contributed by atoms with Crippen molar-refractivity contribution in [3.63, 3.8) is 0 Å². The van der Waals surface area contributed by atoms with E-state index in [0.717, 1.165) is 32.9 Å². The average Bonchev–Trinajstić information content (AvgIpc) is 2.52. The van der Waals surface area contributed by atoms with Gasteiger partial charge in [-0.15, -0.1) is 0 Å². The van der Waals surface area contributed by atoms with Crippen molar-refractivity contribution >= 4 is 93.6 Å². The van der Waals surface area contributed by atoms with Crippen LogP contribution in [0.15, 0.2) is 121 Å². The summed E-state index contributed by atoms with van der Waals surface area (Å²) in [5.41, 5.74) is -20.0. The van der Waals surface area contributed by atoms with Crippen molar-refractivity contribution in [3.05, 3.63) is 125 Å². The zero-order valence-electron chi connectivity index (χ0n) is 42.6. The van der Waals surface area contributed by atoms with E-state index in [2.05, 4.69) is 16.9 Å². The lowest BCUT2D eigenvalue weighted by Gasteiger charge is -2.31. The molecule has 3 aliphatic rings. The summed E-state index contributed by atoms with van der Waals surface area (Å²) in [4.78, 5) is 14.1. The quantitative estimate of drug-likeness (QED) is 0.0420. The third-order valence-corrected chi connectivity index (χ3v) is 26.3. The fourth-order valence-electron chi connectivity index (χ4n) is 8.70. The standard InChI is InChI=1S/C48H43F9N4O15S6/c1-25(2)44(62)75-32-17-19-61(20-18-32)81(71,72)40-10-8-7-9-36(40)41-34-14-12-30(58-42-27(4)21-33(22-28(42)5)77(63,64)45(78(65,66)46(49,50)51)79(67,68)47(52,53)54)23-37(34)76-38-24-31(13-15-35(38)41)59-43-26(3)11-16-39(29(43)6)80(69,70)60-82(73,74)48(55,56)57/h7-16,21-24,32,45,58,60H,1,17-20H2,2-6H3/b59-31+. The summed E-state index contributed by atoms with van der Waals surface area (Å²) in [7, 11) is -38.1. The maximum absolute atomic E-state index is 14.7. The summed E-state index contributed by atoms with van der Waals surface area (Å²) in [6.45, 7) is 9.60. The van der Waals surface area contributed by atoms with Crippen molar-refractivity contribution < 1.29 is 104 Å². The van der Waals surface area contributed by atoms with Crippen LogP contribution in [0.4, 0.5) is 56.6 Å². The first-order chi connectivity index (χ1) is 37.5. The van der Waals surface area contributed by atoms with Gasteiger partial charge in [0.1, 0.15) is 17.4 Å². The Labute approximate surface area is 462 Å². The highest BCUT2D eigenvalue weighted by atomic mass is 32.3. The van der Waals surface area contributed by atoms with E-state index in [4.69, 9.17) is 9.15 Å². The highest BCUT2D eigenvalue weighted by Crippen LogP contribution is 2.46. The number of fused-ring (bicyclic) bond motifs is 2. The van der Waals surface area contributed by atoms with E-state index in [0.29, 0.717) is 16.3 Å². The van der Waals surface area contributed by atoms with E-state index < -0.39 is 102 Å². The zero-order valence-corrected chi connectivity index (χ0v) is 47.5. The van der Waals surface area contributed by atoms with Gasteiger partial charge in [-0.2, -0.15) is 43.8 Å². The highest BCUT2D eigenvalue weighted by molar-refractivity contribution is 8.24. The predicted octanol–water partition coefficient (Wildman–Crippen LogP) is 8.74. The molecule has 0 atom stereocenters. The molecule has 0 unspecified atom stereocenters. The van der Waals surface area contributed by atoms with Gasteiger partial charge in [-0.25, -0.2) is 60.3 Å². The van der Waals surface area contributed by atoms with Gasteiger partial charge >= 0.3 is 32.5 Å². The van der Waals surface area contributed by atoms with Crippen LogP contribution in [0.3, 0.4) is 0 Å². The van der Waals surface area contributed by atoms with Crippen LogP contribution in [0.5, 0.6) is 0 Å². The molecule has 1 aliphatic carbocycles. The Kier molecular flexibility index (Phi) is 16.7. The van der Waals surface area contributed by atoms with E-state index in [9.17, 15) is 94.8 Å². The second-order valence-corrected chi connectivity index (χ2v) is 31.0. The topological polar surface area (TPSA) is 284 Å². The number of rotatable bonds is 15. The van der Waals surface area contributed by atoms with E-state index in [1.807, 2.05) is 0 Å². The van der Waals surface area contributed by atoms with Crippen molar-refractivity contribution in [3.8, 4) is 22.5 Å². The number of sulfonamides is 3. The van der Waals surface area contributed by atoms with E-state index in [1.165, 1.54) is 78.8 Å². The third kappa shape index (κ3) is 11.9. The summed E-state index contributed by atoms with van der Waals surface area (Å²) in [5, 5.41) is 3.05. The molecular weight excluding hydrogens is 1240 g/mol. The van der Waals surface area contributed by atoms with E-state index in [-0.39, 0.29) is 114 Å². The Bertz CT molecular complexity index is 4320. The Hall–Kier alpha value is -6.43. The summed E-state index contributed by atoms with van der Waals surface area (Å²) < 4.78 is 286. The molecule has 0 radical (unpaired) electrons. The van der Waals surface area contributed by atoms with Gasteiger partial charge in [-0.1, -0.05) is 35.0 Å². The normalized spacial score (nSPS) is 15.3. The molecule has 0 spiro atoms. The van der Waals surface area contributed by atoms with Crippen molar-refractivity contribution in [2.75, 3.05) is 18.4 Å². The molecule has 82 heavy (non-hydrogen) atoms. The monoisotopic (exact) mass is 1280 g/mol. The van der Waals surface area contributed by atoms with Gasteiger partial charge in [0.2, 0.25) is 19.9 Å². The summed E-state index contributed by atoms with van der Waals surface area (Å²) in [6, 6.07) is 16.9. The summed E-state index contributed by atoms with van der Waals surface area (Å²) in [6.07, 6.45) is -0.394. The number of nitrogens with zero attached hydrogens (tertiary/aromatic N) is 2. The molecule has 4 aromatic rings. The minimum atomic E-state index is -7.65.